The normalized spacial score (nSPS) is 24.4. The number of aliphatic hydroxyl groups is 2. The molecule has 0 amide bonds. The molecule has 2 aliphatic heterocycles. The molecule has 0 fully saturated rings. The van der Waals surface area contributed by atoms with Crippen molar-refractivity contribution >= 4 is 19.7 Å². The summed E-state index contributed by atoms with van der Waals surface area (Å²) < 4.78 is 79.4. The molecule has 64 heavy (non-hydrogen) atoms. The molecule has 14 heteroatoms. The zero-order valence-corrected chi connectivity index (χ0v) is 45.1. The van der Waals surface area contributed by atoms with Gasteiger partial charge in [-0.2, -0.15) is 60.7 Å². The molecule has 344 valence electrons. The maximum atomic E-state index is 13.9. The first-order chi connectivity index (χ1) is 29.8. The smallest absolute Gasteiger partial charge is 0.179 e. The second-order valence-corrected chi connectivity index (χ2v) is 20.9. The second-order valence-electron chi connectivity index (χ2n) is 17.0. The number of sulfone groups is 2. The van der Waals surface area contributed by atoms with Crippen LogP contribution in [0.5, 0.6) is 11.5 Å². The van der Waals surface area contributed by atoms with Gasteiger partial charge in [-0.05, 0) is 73.2 Å². The number of unbranched alkanes of at least 4 members (excludes halogenated alkanes) is 2. The van der Waals surface area contributed by atoms with E-state index in [4.69, 9.17) is 18.9 Å². The number of hydrogen-bond acceptors (Lipinski definition) is 10. The molecule has 6 atom stereocenters. The topological polar surface area (TPSA) is 146 Å². The molecule has 10 nitrogen and oxygen atoms in total. The van der Waals surface area contributed by atoms with Crippen LogP contribution in [0.3, 0.4) is 0 Å². The fraction of sp³-hybridized carbons (Fsp3) is 0.520. The zero-order chi connectivity index (χ0) is 44.4. The summed E-state index contributed by atoms with van der Waals surface area (Å²) in [6.45, 7) is 9.70. The van der Waals surface area contributed by atoms with Crippen molar-refractivity contribution in [2.45, 2.75) is 113 Å². The summed E-state index contributed by atoms with van der Waals surface area (Å²) in [6, 6.07) is 30.9. The van der Waals surface area contributed by atoms with Gasteiger partial charge < -0.3 is 29.2 Å². The van der Waals surface area contributed by atoms with Crippen LogP contribution in [0.1, 0.15) is 113 Å². The minimum absolute atomic E-state index is 0. The molecule has 0 aliphatic carbocycles. The Morgan fingerprint density at radius 3 is 1.27 bits per heavy atom. The van der Waals surface area contributed by atoms with E-state index in [2.05, 4.69) is 26.0 Å². The molecule has 0 unspecified atom stereocenters. The van der Waals surface area contributed by atoms with E-state index in [1.54, 1.807) is 60.7 Å². The van der Waals surface area contributed by atoms with Gasteiger partial charge in [-0.15, -0.1) is 11.1 Å². The molecule has 4 aromatic rings. The van der Waals surface area contributed by atoms with Crippen molar-refractivity contribution in [1.82, 2.24) is 0 Å². The fourth-order valence-corrected chi connectivity index (χ4v) is 14.1. The van der Waals surface area contributed by atoms with Crippen LogP contribution in [0.2, 0.25) is 0 Å². The molecule has 0 bridgehead atoms. The van der Waals surface area contributed by atoms with Crippen LogP contribution in [0.25, 0.3) is 0 Å². The van der Waals surface area contributed by atoms with Crippen LogP contribution in [0, 0.1) is 23.0 Å². The number of rotatable bonds is 21. The molecule has 2 N–H and O–H groups in total. The Labute approximate surface area is 432 Å². The van der Waals surface area contributed by atoms with Crippen molar-refractivity contribution < 1.29 is 111 Å². The van der Waals surface area contributed by atoms with Crippen LogP contribution < -0.4 is 9.47 Å². The van der Waals surface area contributed by atoms with E-state index in [0.717, 1.165) is 36.8 Å². The zero-order valence-electron chi connectivity index (χ0n) is 37.8. The summed E-state index contributed by atoms with van der Waals surface area (Å²) in [5, 5.41) is 24.2. The first-order valence-corrected chi connectivity index (χ1v) is 25.6. The number of ether oxygens (including phenoxy) is 4. The maximum absolute atomic E-state index is 13.9. The predicted octanol–water partition coefficient (Wildman–Crippen LogP) is 8.51. The van der Waals surface area contributed by atoms with Gasteiger partial charge in [0.2, 0.25) is 0 Å². The van der Waals surface area contributed by atoms with Gasteiger partial charge in [-0.25, -0.2) is 16.8 Å². The van der Waals surface area contributed by atoms with E-state index < -0.39 is 54.5 Å². The molecule has 2 radical (unpaired) electrons. The molecular formula is C50H64O10S2Y2-2. The summed E-state index contributed by atoms with van der Waals surface area (Å²) in [6.07, 6.45) is 3.93. The summed E-state index contributed by atoms with van der Waals surface area (Å²) in [5.41, 5.74) is 1.15. The second kappa shape index (κ2) is 25.2. The molecular weight excluding hydrogens is 1000 g/mol. The van der Waals surface area contributed by atoms with E-state index >= 15 is 0 Å². The van der Waals surface area contributed by atoms with E-state index in [1.807, 2.05) is 38.1 Å². The first-order valence-electron chi connectivity index (χ1n) is 22.3. The Bertz CT molecular complexity index is 2120. The first kappa shape index (κ1) is 55.0. The van der Waals surface area contributed by atoms with Gasteiger partial charge in [0.1, 0.15) is 24.7 Å². The minimum Gasteiger partial charge on any atom is -0.491 e. The summed E-state index contributed by atoms with van der Waals surface area (Å²) in [5.74, 6) is -0.350. The Hall–Kier alpha value is -1.57. The standard InChI is InChI=1S/C50H64O10S2.2Y/c1-5-9-25-49(7-3)35-61(53,54)43-23-21-39(33-41(43)45(47(49)51)37-17-13-11-14-18-37)59-31-29-57-27-28-58-30-32-60-40-22-24-44-42(34-40)46(38-19-15-12-16-20-38)48(52)50(8-4,26-10-6-2)36-62(44,55)56;;/h13-24,33-34,45-48,51-52H,5-10,25-32,35-36H2,1-4H3;;/q-2;;/t45-,46-,47-,48-,49-,50-;;/m1../s1. The Kier molecular flexibility index (Phi) is 21.6. The van der Waals surface area contributed by atoms with E-state index in [1.165, 1.54) is 0 Å². The number of benzene rings is 4. The van der Waals surface area contributed by atoms with Crippen molar-refractivity contribution in [3.63, 3.8) is 0 Å². The molecule has 6 rings (SSSR count). The van der Waals surface area contributed by atoms with Crippen LogP contribution >= 0.6 is 0 Å². The number of aliphatic hydroxyl groups excluding tert-OH is 2. The van der Waals surface area contributed by atoms with Crippen molar-refractivity contribution in [2.24, 2.45) is 10.8 Å². The van der Waals surface area contributed by atoms with Gasteiger partial charge in [-0.1, -0.05) is 53.4 Å². The van der Waals surface area contributed by atoms with Crippen molar-refractivity contribution in [3.05, 3.63) is 119 Å². The molecule has 0 saturated carbocycles. The van der Waals surface area contributed by atoms with Crippen LogP contribution in [0.4, 0.5) is 0 Å². The molecule has 0 spiro atoms. The van der Waals surface area contributed by atoms with Crippen LogP contribution in [-0.4, -0.2) is 90.4 Å². The van der Waals surface area contributed by atoms with Crippen molar-refractivity contribution in [1.29, 1.82) is 0 Å². The van der Waals surface area contributed by atoms with E-state index in [-0.39, 0.29) is 113 Å². The Balaban J connectivity index is 0.00000449. The van der Waals surface area contributed by atoms with Gasteiger partial charge in [0, 0.05) is 88.1 Å². The summed E-state index contributed by atoms with van der Waals surface area (Å²) in [4.78, 5) is 0.465. The van der Waals surface area contributed by atoms with Gasteiger partial charge in [0.05, 0.1) is 59.9 Å². The number of fused-ring (bicyclic) bond motifs is 2. The molecule has 2 aliphatic rings. The SMILES string of the molecule is CCCC[C@]1(CC)CS(=O)(=O)c2ccc(OCCOCCOCCOc3ccc4c(c3)[C@@H](c3cc[c-]cc3)[C@@H](O)[C@](CC)(CCCC)CS4(=O)=O)cc2[C@@H](c2cc[c-]cc2)[C@H]1O.[Y].[Y]. The van der Waals surface area contributed by atoms with Crippen molar-refractivity contribution in [2.75, 3.05) is 51.1 Å². The predicted molar refractivity (Wildman–Crippen MR) is 240 cm³/mol. The third-order valence-electron chi connectivity index (χ3n) is 13.2. The fourth-order valence-electron chi connectivity index (χ4n) is 9.59. The van der Waals surface area contributed by atoms with E-state index in [0.29, 0.717) is 61.5 Å². The van der Waals surface area contributed by atoms with Crippen LogP contribution in [0.15, 0.2) is 94.7 Å². The third kappa shape index (κ3) is 12.7. The van der Waals surface area contributed by atoms with Gasteiger partial charge >= 0.3 is 0 Å². The van der Waals surface area contributed by atoms with E-state index in [9.17, 15) is 27.0 Å². The monoisotopic (exact) mass is 1070 g/mol. The van der Waals surface area contributed by atoms with Gasteiger partial charge in [0.15, 0.2) is 19.7 Å². The Morgan fingerprint density at radius 2 is 0.922 bits per heavy atom. The summed E-state index contributed by atoms with van der Waals surface area (Å²) >= 11 is 0. The molecule has 2 heterocycles. The molecule has 0 aromatic heterocycles. The third-order valence-corrected chi connectivity index (χ3v) is 17.2. The average molecular weight is 1070 g/mol. The van der Waals surface area contributed by atoms with Gasteiger partial charge in [0.25, 0.3) is 0 Å². The number of hydrogen-bond donors (Lipinski definition) is 2. The minimum atomic E-state index is -3.71. The van der Waals surface area contributed by atoms with Gasteiger partial charge in [-0.3, -0.25) is 0 Å². The molecule has 0 saturated heterocycles. The Morgan fingerprint density at radius 1 is 0.562 bits per heavy atom. The largest absolute Gasteiger partial charge is 0.491 e. The summed E-state index contributed by atoms with van der Waals surface area (Å²) in [7, 11) is -7.42. The quantitative estimate of drug-likeness (QED) is 0.0616. The van der Waals surface area contributed by atoms with Crippen molar-refractivity contribution in [3.8, 4) is 11.5 Å². The molecule has 4 aromatic carbocycles. The van der Waals surface area contributed by atoms with Crippen LogP contribution in [-0.2, 0) is 94.6 Å². The maximum Gasteiger partial charge on any atom is 0.179 e. The average Bonchev–Trinajstić information content (AvgIpc) is 3.39.